The molecule has 6 rings (SSSR count). The molecule has 2 atom stereocenters. The average Bonchev–Trinajstić information content (AvgIpc) is 3.83. The van der Waals surface area contributed by atoms with Crippen molar-refractivity contribution < 1.29 is 48.1 Å². The number of amides is 4. The summed E-state index contributed by atoms with van der Waals surface area (Å²) < 4.78 is 15.7. The molecule has 0 bridgehead atoms. The van der Waals surface area contributed by atoms with Crippen LogP contribution in [0, 0.1) is 23.7 Å². The lowest BCUT2D eigenvalue weighted by atomic mass is 10.1. The number of hydrogen-bond acceptors (Lipinski definition) is 12. The van der Waals surface area contributed by atoms with Crippen LogP contribution in [0.5, 0.6) is 0 Å². The molecule has 2 saturated heterocycles. The summed E-state index contributed by atoms with van der Waals surface area (Å²) in [6, 6.07) is 27.0. The zero-order valence-electron chi connectivity index (χ0n) is 40.5. The number of Topliss-reactive ketones (excluding diaryl/α,β-unsaturated/α-hetero) is 1. The van der Waals surface area contributed by atoms with Crippen LogP contribution >= 0.6 is 0 Å². The number of carbonyl (C=O) groups excluding carboxylic acids is 6. The number of nitrogens with one attached hydrogen (secondary N) is 2. The molecule has 0 saturated carbocycles. The molecule has 368 valence electrons. The summed E-state index contributed by atoms with van der Waals surface area (Å²) in [5.74, 6) is 8.64. The van der Waals surface area contributed by atoms with Gasteiger partial charge in [0.1, 0.15) is 6.61 Å². The van der Waals surface area contributed by atoms with E-state index in [9.17, 15) is 28.8 Å². The fourth-order valence-electron chi connectivity index (χ4n) is 7.59. The Labute approximate surface area is 410 Å². The topological polar surface area (TPSA) is 187 Å². The van der Waals surface area contributed by atoms with Gasteiger partial charge in [-0.2, -0.15) is 0 Å². The highest BCUT2D eigenvalue weighted by Gasteiger charge is 2.35. The van der Waals surface area contributed by atoms with Crippen LogP contribution in [-0.4, -0.2) is 167 Å². The van der Waals surface area contributed by atoms with E-state index >= 15 is 0 Å². The number of methoxy groups -OCH3 is 1. The lowest BCUT2D eigenvalue weighted by molar-refractivity contribution is -0.150. The first kappa shape index (κ1) is 53.8. The van der Waals surface area contributed by atoms with Crippen LogP contribution in [0.3, 0.4) is 0 Å². The Morgan fingerprint density at radius 2 is 0.929 bits per heavy atom. The highest BCUT2D eigenvalue weighted by Crippen LogP contribution is 2.15. The Bertz CT molecular complexity index is 2300. The molecule has 4 aromatic rings. The lowest BCUT2D eigenvalue weighted by Gasteiger charge is -2.25. The second kappa shape index (κ2) is 27.7. The zero-order valence-corrected chi connectivity index (χ0v) is 40.5. The summed E-state index contributed by atoms with van der Waals surface area (Å²) >= 11 is 0. The van der Waals surface area contributed by atoms with Crippen molar-refractivity contribution >= 4 is 35.4 Å². The van der Waals surface area contributed by atoms with E-state index in [1.165, 1.54) is 46.4 Å². The number of benzene rings is 4. The summed E-state index contributed by atoms with van der Waals surface area (Å²) in [6.07, 6.45) is 2.11. The molecule has 4 aromatic carbocycles. The number of likely N-dealkylation sites (N-methyl/N-ethyl adjacent to an activating group) is 4. The fraction of sp³-hybridized carbons (Fsp3) is 0.370. The average molecular weight is 955 g/mol. The summed E-state index contributed by atoms with van der Waals surface area (Å²) in [7, 11) is 6.67. The third-order valence-corrected chi connectivity index (χ3v) is 11.6. The van der Waals surface area contributed by atoms with Gasteiger partial charge in [-0.25, -0.2) is 4.79 Å². The minimum Gasteiger partial charge on any atom is -0.467 e. The first-order valence-corrected chi connectivity index (χ1v) is 23.1. The highest BCUT2D eigenvalue weighted by atomic mass is 16.5. The maximum Gasteiger partial charge on any atom is 0.338 e. The monoisotopic (exact) mass is 954 g/mol. The smallest absolute Gasteiger partial charge is 0.338 e. The van der Waals surface area contributed by atoms with Gasteiger partial charge in [-0.3, -0.25) is 33.8 Å². The summed E-state index contributed by atoms with van der Waals surface area (Å²) in [5, 5.41) is 13.9. The summed E-state index contributed by atoms with van der Waals surface area (Å²) in [6.45, 7) is 8.17. The molecule has 0 radical (unpaired) electrons. The molecule has 70 heavy (non-hydrogen) atoms. The first-order valence-electron chi connectivity index (χ1n) is 23.1. The summed E-state index contributed by atoms with van der Waals surface area (Å²) in [4.78, 5) is 80.5. The number of nitrogens with zero attached hydrogens (tertiary/aromatic N) is 4. The van der Waals surface area contributed by atoms with Crippen LogP contribution in [0.25, 0.3) is 0 Å². The Hall–Kier alpha value is -7.18. The molecule has 16 heteroatoms. The van der Waals surface area contributed by atoms with Gasteiger partial charge in [0.2, 0.25) is 11.9 Å². The molecule has 4 amide bonds. The number of aliphatic hydroxyl groups excluding tert-OH is 1. The van der Waals surface area contributed by atoms with E-state index in [1.54, 1.807) is 48.5 Å². The normalized spacial score (nSPS) is 14.7. The molecule has 0 spiro atoms. The third kappa shape index (κ3) is 15.9. The van der Waals surface area contributed by atoms with E-state index in [2.05, 4.69) is 73.1 Å². The molecule has 3 N–H and O–H groups in total. The van der Waals surface area contributed by atoms with Crippen molar-refractivity contribution in [2.24, 2.45) is 0 Å². The van der Waals surface area contributed by atoms with Crippen LogP contribution in [0.1, 0.15) is 66.9 Å². The molecule has 2 heterocycles. The van der Waals surface area contributed by atoms with Crippen LogP contribution in [0.2, 0.25) is 0 Å². The molecule has 2 aliphatic rings. The predicted molar refractivity (Wildman–Crippen MR) is 263 cm³/mol. The maximum absolute atomic E-state index is 12.8. The van der Waals surface area contributed by atoms with E-state index in [-0.39, 0.29) is 0 Å². The van der Waals surface area contributed by atoms with E-state index < -0.39 is 54.1 Å². The van der Waals surface area contributed by atoms with Crippen molar-refractivity contribution in [2.45, 2.75) is 38.0 Å². The van der Waals surface area contributed by atoms with Gasteiger partial charge >= 0.3 is 5.97 Å². The van der Waals surface area contributed by atoms with Crippen LogP contribution in [0.4, 0.5) is 0 Å². The molecule has 0 aliphatic carbocycles. The van der Waals surface area contributed by atoms with Crippen LogP contribution < -0.4 is 10.6 Å². The number of aliphatic hydroxyl groups is 1. The second-order valence-electron chi connectivity index (χ2n) is 16.5. The number of ether oxygens (including phenoxy) is 3. The number of carbonyl (C=O) groups is 6. The SMILES string of the molecule is CNC(=O)C(C(=O)CO)N(C)C(=O)c1ccc(C#Cc2ccc(CN3CCCOCC3)cc2)cc1.CNC(=O)C(C(=O)OC)N(C)C(=O)c1ccc(C#Cc2ccc(CN3CCCOCC3)cc2)cc1. The fourth-order valence-corrected chi connectivity index (χ4v) is 7.59. The number of hydrogen-bond donors (Lipinski definition) is 3. The van der Waals surface area contributed by atoms with E-state index in [1.807, 2.05) is 24.3 Å². The van der Waals surface area contributed by atoms with Crippen molar-refractivity contribution in [1.29, 1.82) is 0 Å². The Balaban J connectivity index is 0.000000261. The maximum atomic E-state index is 12.8. The van der Waals surface area contributed by atoms with Gasteiger partial charge in [-0.1, -0.05) is 47.9 Å². The molecule has 0 aromatic heterocycles. The van der Waals surface area contributed by atoms with E-state index in [0.717, 1.165) is 111 Å². The van der Waals surface area contributed by atoms with Gasteiger partial charge in [0.05, 0.1) is 20.3 Å². The van der Waals surface area contributed by atoms with Crippen molar-refractivity contribution in [1.82, 2.24) is 30.2 Å². The quantitative estimate of drug-likeness (QED) is 0.101. The highest BCUT2D eigenvalue weighted by molar-refractivity contribution is 6.10. The molecular weight excluding hydrogens is 893 g/mol. The van der Waals surface area contributed by atoms with Crippen LogP contribution in [0.15, 0.2) is 97.1 Å². The molecule has 2 aliphatic heterocycles. The zero-order chi connectivity index (χ0) is 50.4. The number of esters is 1. The van der Waals surface area contributed by atoms with Crippen molar-refractivity contribution in [3.63, 3.8) is 0 Å². The third-order valence-electron chi connectivity index (χ3n) is 11.6. The van der Waals surface area contributed by atoms with Crippen molar-refractivity contribution in [2.75, 3.05) is 94.5 Å². The summed E-state index contributed by atoms with van der Waals surface area (Å²) in [5.41, 5.74) is 6.38. The predicted octanol–water partition coefficient (Wildman–Crippen LogP) is 2.73. The molecular formula is C54H62N6O10. The van der Waals surface area contributed by atoms with E-state index in [0.29, 0.717) is 11.1 Å². The van der Waals surface area contributed by atoms with Gasteiger partial charge in [0.25, 0.3) is 17.7 Å². The largest absolute Gasteiger partial charge is 0.467 e. The van der Waals surface area contributed by atoms with Gasteiger partial charge in [0.15, 0.2) is 11.8 Å². The number of ketones is 1. The first-order chi connectivity index (χ1) is 33.8. The molecule has 16 nitrogen and oxygen atoms in total. The van der Waals surface area contributed by atoms with E-state index in [4.69, 9.17) is 14.6 Å². The van der Waals surface area contributed by atoms with Crippen LogP contribution in [-0.2, 0) is 46.5 Å². The lowest BCUT2D eigenvalue weighted by Crippen LogP contribution is -2.52. The van der Waals surface area contributed by atoms with Crippen molar-refractivity contribution in [3.8, 4) is 23.7 Å². The minimum atomic E-state index is -1.40. The standard InChI is InChI=1S/2C27H31N3O5/c1-28-25(31)24(27(33)34-3)29(2)26(32)23-13-11-21(12-14-23)6-5-20-7-9-22(10-8-20)19-30-15-4-17-35-18-16-30;1-28-26(33)25(24(32)19-31)29(2)27(34)23-12-10-21(11-13-23)5-4-20-6-8-22(9-7-20)18-30-14-3-16-35-17-15-30/h7-14,24H,4,15-19H2,1-3H3,(H,28,31);6-13,25,31H,3,14-19H2,1-2H3,(H,28,33). The Morgan fingerprint density at radius 1 is 0.571 bits per heavy atom. The number of rotatable bonds is 13. The van der Waals surface area contributed by atoms with Gasteiger partial charge in [0, 0.05) is 114 Å². The van der Waals surface area contributed by atoms with Gasteiger partial charge in [-0.15, -0.1) is 0 Å². The minimum absolute atomic E-state index is 0.306. The Kier molecular flexibility index (Phi) is 21.3. The second-order valence-corrected chi connectivity index (χ2v) is 16.5. The Morgan fingerprint density at radius 3 is 1.29 bits per heavy atom. The van der Waals surface area contributed by atoms with Gasteiger partial charge in [-0.05, 0) is 96.8 Å². The molecule has 2 fully saturated rings. The van der Waals surface area contributed by atoms with Crippen molar-refractivity contribution in [3.05, 3.63) is 142 Å². The molecule has 2 unspecified atom stereocenters. The van der Waals surface area contributed by atoms with Gasteiger partial charge < -0.3 is 39.8 Å².